The van der Waals surface area contributed by atoms with Crippen molar-refractivity contribution < 1.29 is 0 Å². The first-order chi connectivity index (χ1) is 8.24. The average molecular weight is 266 g/mol. The van der Waals surface area contributed by atoms with Gasteiger partial charge in [0.2, 0.25) is 5.95 Å². The molecule has 2 rings (SSSR count). The van der Waals surface area contributed by atoms with Crippen LogP contribution in [-0.2, 0) is 11.5 Å². The van der Waals surface area contributed by atoms with Gasteiger partial charge in [0.25, 0.3) is 0 Å². The van der Waals surface area contributed by atoms with E-state index in [2.05, 4.69) is 9.97 Å². The molecule has 0 amide bonds. The van der Waals surface area contributed by atoms with Gasteiger partial charge in [-0.3, -0.25) is 0 Å². The molecular weight excluding hydrogens is 254 g/mol. The maximum absolute atomic E-state index is 5.82. The normalized spacial score (nSPS) is 10.4. The molecular formula is C12H12ClN3S. The van der Waals surface area contributed by atoms with Gasteiger partial charge in [-0.05, 0) is 23.8 Å². The predicted molar refractivity (Wildman–Crippen MR) is 72.9 cm³/mol. The number of nitrogens with zero attached hydrogens (tertiary/aromatic N) is 2. The third-order valence-electron chi connectivity index (χ3n) is 2.16. The van der Waals surface area contributed by atoms with Crippen molar-refractivity contribution in [3.05, 3.63) is 52.8 Å². The molecule has 0 saturated heterocycles. The first-order valence-corrected chi connectivity index (χ1v) is 6.67. The van der Waals surface area contributed by atoms with E-state index in [0.29, 0.717) is 5.95 Å². The largest absolute Gasteiger partial charge is 0.368 e. The SMILES string of the molecule is Nc1nccc(CSCc2ccc(Cl)cc2)n1. The van der Waals surface area contributed by atoms with Crippen LogP contribution in [0.4, 0.5) is 5.95 Å². The van der Waals surface area contributed by atoms with Crippen molar-refractivity contribution in [2.45, 2.75) is 11.5 Å². The average Bonchev–Trinajstić information content (AvgIpc) is 2.32. The van der Waals surface area contributed by atoms with Crippen LogP contribution in [-0.4, -0.2) is 9.97 Å². The van der Waals surface area contributed by atoms with Crippen molar-refractivity contribution in [2.24, 2.45) is 0 Å². The molecule has 5 heteroatoms. The van der Waals surface area contributed by atoms with Crippen LogP contribution in [0.25, 0.3) is 0 Å². The van der Waals surface area contributed by atoms with Crippen molar-refractivity contribution in [1.82, 2.24) is 9.97 Å². The van der Waals surface area contributed by atoms with Gasteiger partial charge in [0, 0.05) is 22.7 Å². The first-order valence-electron chi connectivity index (χ1n) is 5.13. The number of hydrogen-bond acceptors (Lipinski definition) is 4. The Bertz CT molecular complexity index is 487. The van der Waals surface area contributed by atoms with E-state index in [-0.39, 0.29) is 0 Å². The lowest BCUT2D eigenvalue weighted by Crippen LogP contribution is -1.97. The molecule has 88 valence electrons. The summed E-state index contributed by atoms with van der Waals surface area (Å²) in [5.74, 6) is 2.09. The second-order valence-corrected chi connectivity index (χ2v) is 4.95. The zero-order valence-corrected chi connectivity index (χ0v) is 10.7. The van der Waals surface area contributed by atoms with E-state index < -0.39 is 0 Å². The molecule has 2 aromatic rings. The van der Waals surface area contributed by atoms with E-state index in [1.54, 1.807) is 18.0 Å². The highest BCUT2D eigenvalue weighted by Crippen LogP contribution is 2.18. The molecule has 1 heterocycles. The van der Waals surface area contributed by atoms with Gasteiger partial charge in [-0.25, -0.2) is 9.97 Å². The van der Waals surface area contributed by atoms with Gasteiger partial charge in [-0.1, -0.05) is 23.7 Å². The summed E-state index contributed by atoms with van der Waals surface area (Å²) in [5, 5.41) is 0.766. The second kappa shape index (κ2) is 5.89. The number of thioether (sulfide) groups is 1. The minimum Gasteiger partial charge on any atom is -0.368 e. The van der Waals surface area contributed by atoms with Gasteiger partial charge >= 0.3 is 0 Å². The van der Waals surface area contributed by atoms with E-state index in [9.17, 15) is 0 Å². The fourth-order valence-electron chi connectivity index (χ4n) is 1.35. The molecule has 0 aliphatic heterocycles. The number of hydrogen-bond donors (Lipinski definition) is 1. The molecule has 0 atom stereocenters. The van der Waals surface area contributed by atoms with Crippen LogP contribution in [0.15, 0.2) is 36.5 Å². The Balaban J connectivity index is 1.85. The summed E-state index contributed by atoms with van der Waals surface area (Å²) in [6.07, 6.45) is 1.68. The Hall–Kier alpha value is -1.26. The summed E-state index contributed by atoms with van der Waals surface area (Å²) in [6.45, 7) is 0. The number of benzene rings is 1. The number of rotatable bonds is 4. The third kappa shape index (κ3) is 3.91. The molecule has 0 aliphatic carbocycles. The molecule has 1 aromatic carbocycles. The van der Waals surface area contributed by atoms with Gasteiger partial charge < -0.3 is 5.73 Å². The van der Waals surface area contributed by atoms with E-state index in [0.717, 1.165) is 22.2 Å². The monoisotopic (exact) mass is 265 g/mol. The zero-order chi connectivity index (χ0) is 12.1. The van der Waals surface area contributed by atoms with Crippen molar-refractivity contribution >= 4 is 29.3 Å². The Morgan fingerprint density at radius 2 is 1.88 bits per heavy atom. The zero-order valence-electron chi connectivity index (χ0n) is 9.14. The maximum Gasteiger partial charge on any atom is 0.220 e. The summed E-state index contributed by atoms with van der Waals surface area (Å²) in [4.78, 5) is 8.00. The molecule has 0 fully saturated rings. The first kappa shape index (κ1) is 12.2. The molecule has 3 nitrogen and oxygen atoms in total. The molecule has 0 bridgehead atoms. The minimum absolute atomic E-state index is 0.328. The molecule has 0 unspecified atom stereocenters. The van der Waals surface area contributed by atoms with Gasteiger partial charge in [-0.2, -0.15) is 11.8 Å². The van der Waals surface area contributed by atoms with Crippen LogP contribution in [0.1, 0.15) is 11.3 Å². The van der Waals surface area contributed by atoms with Crippen LogP contribution < -0.4 is 5.73 Å². The Labute approximate surface area is 109 Å². The number of aromatic nitrogens is 2. The number of nitrogen functional groups attached to an aromatic ring is 1. The standard InChI is InChI=1S/C12H12ClN3S/c13-10-3-1-9(2-4-10)7-17-8-11-5-6-15-12(14)16-11/h1-6H,7-8H2,(H2,14,15,16). The summed E-state index contributed by atoms with van der Waals surface area (Å²) in [6, 6.07) is 9.75. The topological polar surface area (TPSA) is 51.8 Å². The lowest BCUT2D eigenvalue weighted by molar-refractivity contribution is 1.10. The van der Waals surface area contributed by atoms with Crippen LogP contribution in [0.2, 0.25) is 5.02 Å². The third-order valence-corrected chi connectivity index (χ3v) is 3.45. The van der Waals surface area contributed by atoms with Gasteiger partial charge in [-0.15, -0.1) is 0 Å². The van der Waals surface area contributed by atoms with Crippen LogP contribution >= 0.6 is 23.4 Å². The Morgan fingerprint density at radius 3 is 2.59 bits per heavy atom. The van der Waals surface area contributed by atoms with Gasteiger partial charge in [0.1, 0.15) is 0 Å². The summed E-state index contributed by atoms with van der Waals surface area (Å²) < 4.78 is 0. The molecule has 0 spiro atoms. The molecule has 0 saturated carbocycles. The molecule has 0 radical (unpaired) electrons. The fourth-order valence-corrected chi connectivity index (χ4v) is 2.37. The fraction of sp³-hybridized carbons (Fsp3) is 0.167. The summed E-state index contributed by atoms with van der Waals surface area (Å²) in [7, 11) is 0. The lowest BCUT2D eigenvalue weighted by atomic mass is 10.2. The van der Waals surface area contributed by atoms with Crippen molar-refractivity contribution in [2.75, 3.05) is 5.73 Å². The quantitative estimate of drug-likeness (QED) is 0.923. The van der Waals surface area contributed by atoms with E-state index in [1.165, 1.54) is 5.56 Å². The highest BCUT2D eigenvalue weighted by molar-refractivity contribution is 7.97. The molecule has 0 aliphatic rings. The molecule has 1 aromatic heterocycles. The van der Waals surface area contributed by atoms with Crippen molar-refractivity contribution in [3.8, 4) is 0 Å². The Kier molecular flexibility index (Phi) is 4.23. The van der Waals surface area contributed by atoms with Crippen LogP contribution in [0.3, 0.4) is 0 Å². The predicted octanol–water partition coefficient (Wildman–Crippen LogP) is 3.15. The maximum atomic E-state index is 5.82. The highest BCUT2D eigenvalue weighted by atomic mass is 35.5. The van der Waals surface area contributed by atoms with Crippen LogP contribution in [0.5, 0.6) is 0 Å². The van der Waals surface area contributed by atoms with Gasteiger partial charge in [0.05, 0.1) is 5.69 Å². The van der Waals surface area contributed by atoms with E-state index in [1.807, 2.05) is 30.3 Å². The smallest absolute Gasteiger partial charge is 0.220 e. The van der Waals surface area contributed by atoms with Crippen LogP contribution in [0, 0.1) is 0 Å². The van der Waals surface area contributed by atoms with E-state index >= 15 is 0 Å². The highest BCUT2D eigenvalue weighted by Gasteiger charge is 1.98. The second-order valence-electron chi connectivity index (χ2n) is 3.53. The lowest BCUT2D eigenvalue weighted by Gasteiger charge is -2.02. The van der Waals surface area contributed by atoms with E-state index in [4.69, 9.17) is 17.3 Å². The molecule has 2 N–H and O–H groups in total. The number of nitrogens with two attached hydrogens (primary N) is 1. The molecule has 17 heavy (non-hydrogen) atoms. The Morgan fingerprint density at radius 1 is 1.12 bits per heavy atom. The van der Waals surface area contributed by atoms with Crippen molar-refractivity contribution in [3.63, 3.8) is 0 Å². The van der Waals surface area contributed by atoms with Gasteiger partial charge in [0.15, 0.2) is 0 Å². The summed E-state index contributed by atoms with van der Waals surface area (Å²) in [5.41, 5.74) is 7.72. The number of anilines is 1. The van der Waals surface area contributed by atoms with Crippen molar-refractivity contribution in [1.29, 1.82) is 0 Å². The minimum atomic E-state index is 0.328. The summed E-state index contributed by atoms with van der Waals surface area (Å²) >= 11 is 7.61. The number of halogens is 1.